The zero-order valence-corrected chi connectivity index (χ0v) is 18.3. The monoisotopic (exact) mass is 422 g/mol. The highest BCUT2D eigenvalue weighted by Crippen LogP contribution is 2.21. The number of hydrogen-bond acceptors (Lipinski definition) is 6. The van der Waals surface area contributed by atoms with Crippen molar-refractivity contribution in [2.45, 2.75) is 38.1 Å². The van der Waals surface area contributed by atoms with Gasteiger partial charge in [0.15, 0.2) is 0 Å². The molecule has 2 rings (SSSR count). The third-order valence-corrected chi connectivity index (χ3v) is 7.17. The quantitative estimate of drug-likeness (QED) is 0.680. The lowest BCUT2D eigenvalue weighted by molar-refractivity contribution is -0.124. The van der Waals surface area contributed by atoms with Crippen LogP contribution in [-0.4, -0.2) is 68.4 Å². The third kappa shape index (κ3) is 5.69. The van der Waals surface area contributed by atoms with Crippen molar-refractivity contribution in [1.29, 1.82) is 5.26 Å². The third-order valence-electron chi connectivity index (χ3n) is 5.26. The van der Waals surface area contributed by atoms with Gasteiger partial charge in [-0.1, -0.05) is 13.8 Å². The van der Waals surface area contributed by atoms with Gasteiger partial charge in [0.25, 0.3) is 0 Å². The van der Waals surface area contributed by atoms with E-state index < -0.39 is 15.6 Å². The topological polar surface area (TPSA) is 103 Å². The second-order valence-electron chi connectivity index (χ2n) is 7.60. The van der Waals surface area contributed by atoms with Crippen LogP contribution in [-0.2, 0) is 14.8 Å². The Hall–Kier alpha value is -2.15. The number of ether oxygens (including phenoxy) is 1. The van der Waals surface area contributed by atoms with Crippen LogP contribution >= 0.6 is 0 Å². The predicted molar refractivity (Wildman–Crippen MR) is 110 cm³/mol. The van der Waals surface area contributed by atoms with Crippen molar-refractivity contribution in [3.8, 4) is 11.8 Å². The lowest BCUT2D eigenvalue weighted by atomic mass is 9.90. The Morgan fingerprint density at radius 1 is 1.24 bits per heavy atom. The number of carbonyl (C=O) groups excluding carboxylic acids is 1. The molecule has 1 aliphatic rings. The maximum absolute atomic E-state index is 12.8. The molecule has 1 saturated heterocycles. The van der Waals surface area contributed by atoms with E-state index in [-0.39, 0.29) is 23.3 Å². The maximum atomic E-state index is 12.8. The molecule has 0 aromatic heterocycles. The van der Waals surface area contributed by atoms with Gasteiger partial charge in [-0.2, -0.15) is 9.57 Å². The van der Waals surface area contributed by atoms with Crippen LogP contribution in [0.5, 0.6) is 5.75 Å². The summed E-state index contributed by atoms with van der Waals surface area (Å²) in [5, 5.41) is 12.1. The fourth-order valence-corrected chi connectivity index (χ4v) is 4.41. The van der Waals surface area contributed by atoms with E-state index in [0.717, 1.165) is 0 Å². The van der Waals surface area contributed by atoms with Crippen molar-refractivity contribution in [2.24, 2.45) is 5.92 Å². The Labute approximate surface area is 173 Å². The first-order chi connectivity index (χ1) is 13.6. The summed E-state index contributed by atoms with van der Waals surface area (Å²) >= 11 is 0. The molecular weight excluding hydrogens is 392 g/mol. The molecule has 0 bridgehead atoms. The number of sulfonamides is 1. The summed E-state index contributed by atoms with van der Waals surface area (Å²) in [7, 11) is -3.58. The maximum Gasteiger partial charge on any atom is 0.243 e. The molecule has 29 heavy (non-hydrogen) atoms. The standard InChI is InChI=1S/C20H30N4O4S/c1-5-28-17-6-8-18(9-7-17)29(26,27)24-12-10-23(11-13-24)14-19(25)22-20(4,15-21)16(2)3/h6-9,16H,5,10-14H2,1-4H3,(H,22,25)/t20-/m0/s1. The minimum absolute atomic E-state index is 0.0208. The van der Waals surface area contributed by atoms with Crippen LogP contribution < -0.4 is 10.1 Å². The van der Waals surface area contributed by atoms with Gasteiger partial charge in [-0.15, -0.1) is 0 Å². The van der Waals surface area contributed by atoms with Gasteiger partial charge in [0.2, 0.25) is 15.9 Å². The lowest BCUT2D eigenvalue weighted by Crippen LogP contribution is -2.55. The summed E-state index contributed by atoms with van der Waals surface area (Å²) in [6.45, 7) is 9.52. The molecule has 1 aromatic rings. The first-order valence-corrected chi connectivity index (χ1v) is 11.2. The first kappa shape index (κ1) is 23.1. The Bertz CT molecular complexity index is 840. The van der Waals surface area contributed by atoms with E-state index in [1.54, 1.807) is 31.2 Å². The Kier molecular flexibility index (Phi) is 7.63. The molecule has 160 valence electrons. The fourth-order valence-electron chi connectivity index (χ4n) is 2.99. The van der Waals surface area contributed by atoms with Gasteiger partial charge in [0.05, 0.1) is 24.1 Å². The molecule has 0 aliphatic carbocycles. The second kappa shape index (κ2) is 9.57. The smallest absolute Gasteiger partial charge is 0.243 e. The molecule has 1 amide bonds. The number of nitrogens with one attached hydrogen (secondary N) is 1. The van der Waals surface area contributed by atoms with Crippen molar-refractivity contribution in [1.82, 2.24) is 14.5 Å². The average Bonchev–Trinajstić information content (AvgIpc) is 2.68. The van der Waals surface area contributed by atoms with Crippen LogP contribution in [0.4, 0.5) is 0 Å². The van der Waals surface area contributed by atoms with E-state index in [4.69, 9.17) is 4.74 Å². The summed E-state index contributed by atoms with van der Waals surface area (Å²) in [4.78, 5) is 14.5. The summed E-state index contributed by atoms with van der Waals surface area (Å²) in [5.74, 6) is 0.381. The van der Waals surface area contributed by atoms with Crippen LogP contribution in [0.1, 0.15) is 27.7 Å². The molecule has 0 saturated carbocycles. The number of hydrogen-bond donors (Lipinski definition) is 1. The molecule has 1 atom stereocenters. The van der Waals surface area contributed by atoms with E-state index >= 15 is 0 Å². The number of rotatable bonds is 8. The minimum atomic E-state index is -3.58. The average molecular weight is 423 g/mol. The zero-order valence-electron chi connectivity index (χ0n) is 17.5. The van der Waals surface area contributed by atoms with Gasteiger partial charge in [0.1, 0.15) is 11.3 Å². The van der Waals surface area contributed by atoms with Gasteiger partial charge >= 0.3 is 0 Å². The normalized spacial score (nSPS) is 18.1. The van der Waals surface area contributed by atoms with E-state index in [1.165, 1.54) is 4.31 Å². The molecule has 0 radical (unpaired) electrons. The Morgan fingerprint density at radius 2 is 1.83 bits per heavy atom. The Balaban J connectivity index is 1.92. The van der Waals surface area contributed by atoms with Crippen molar-refractivity contribution >= 4 is 15.9 Å². The predicted octanol–water partition coefficient (Wildman–Crippen LogP) is 1.45. The minimum Gasteiger partial charge on any atom is -0.494 e. The van der Waals surface area contributed by atoms with Gasteiger partial charge < -0.3 is 10.1 Å². The van der Waals surface area contributed by atoms with Crippen molar-refractivity contribution < 1.29 is 17.9 Å². The zero-order chi connectivity index (χ0) is 21.7. The van der Waals surface area contributed by atoms with E-state index in [9.17, 15) is 18.5 Å². The number of carbonyl (C=O) groups is 1. The highest BCUT2D eigenvalue weighted by Gasteiger charge is 2.32. The van der Waals surface area contributed by atoms with Crippen LogP contribution in [0.2, 0.25) is 0 Å². The van der Waals surface area contributed by atoms with Gasteiger partial charge in [-0.25, -0.2) is 8.42 Å². The molecular formula is C20H30N4O4S. The molecule has 9 heteroatoms. The molecule has 0 unspecified atom stereocenters. The SMILES string of the molecule is CCOc1ccc(S(=O)(=O)N2CCN(CC(=O)N[C@@](C)(C#N)C(C)C)CC2)cc1. The summed E-state index contributed by atoms with van der Waals surface area (Å²) < 4.78 is 32.5. The number of nitrogens with zero attached hydrogens (tertiary/aromatic N) is 3. The van der Waals surface area contributed by atoms with Crippen LogP contribution in [0, 0.1) is 17.2 Å². The second-order valence-corrected chi connectivity index (χ2v) is 9.54. The van der Waals surface area contributed by atoms with Crippen molar-refractivity contribution in [2.75, 3.05) is 39.3 Å². The number of benzene rings is 1. The number of piperazine rings is 1. The fraction of sp³-hybridized carbons (Fsp3) is 0.600. The Morgan fingerprint density at radius 3 is 2.31 bits per heavy atom. The largest absolute Gasteiger partial charge is 0.494 e. The van der Waals surface area contributed by atoms with Crippen molar-refractivity contribution in [3.05, 3.63) is 24.3 Å². The van der Waals surface area contributed by atoms with E-state index in [2.05, 4.69) is 11.4 Å². The summed E-state index contributed by atoms with van der Waals surface area (Å²) in [5.41, 5.74) is -0.921. The molecule has 1 fully saturated rings. The lowest BCUT2D eigenvalue weighted by Gasteiger charge is -2.34. The van der Waals surface area contributed by atoms with Gasteiger partial charge in [-0.05, 0) is 44.0 Å². The molecule has 0 spiro atoms. The van der Waals surface area contributed by atoms with Gasteiger partial charge in [-0.3, -0.25) is 9.69 Å². The molecule has 8 nitrogen and oxygen atoms in total. The molecule has 1 aromatic carbocycles. The van der Waals surface area contributed by atoms with Gasteiger partial charge in [0, 0.05) is 26.2 Å². The van der Waals surface area contributed by atoms with E-state index in [1.807, 2.05) is 25.7 Å². The molecule has 1 heterocycles. The van der Waals surface area contributed by atoms with Crippen LogP contribution in [0.15, 0.2) is 29.2 Å². The summed E-state index contributed by atoms with van der Waals surface area (Å²) in [6.07, 6.45) is 0. The molecule has 1 N–H and O–H groups in total. The number of nitriles is 1. The summed E-state index contributed by atoms with van der Waals surface area (Å²) in [6, 6.07) is 8.56. The highest BCUT2D eigenvalue weighted by atomic mass is 32.2. The first-order valence-electron chi connectivity index (χ1n) is 9.80. The van der Waals surface area contributed by atoms with Crippen LogP contribution in [0.25, 0.3) is 0 Å². The highest BCUT2D eigenvalue weighted by molar-refractivity contribution is 7.89. The number of amides is 1. The molecule has 1 aliphatic heterocycles. The van der Waals surface area contributed by atoms with E-state index in [0.29, 0.717) is 38.5 Å². The van der Waals surface area contributed by atoms with Crippen LogP contribution in [0.3, 0.4) is 0 Å². The van der Waals surface area contributed by atoms with Crippen molar-refractivity contribution in [3.63, 3.8) is 0 Å².